The number of thiophene rings is 1. The Morgan fingerprint density at radius 1 is 1.09 bits per heavy atom. The van der Waals surface area contributed by atoms with Crippen LogP contribution in [0.15, 0.2) is 36.4 Å². The summed E-state index contributed by atoms with van der Waals surface area (Å²) in [5, 5.41) is 2.79. The van der Waals surface area contributed by atoms with Crippen LogP contribution in [0.4, 0.5) is 11.4 Å². The van der Waals surface area contributed by atoms with Crippen molar-refractivity contribution < 1.29 is 9.59 Å². The van der Waals surface area contributed by atoms with Crippen molar-refractivity contribution >= 4 is 46.0 Å². The molecule has 4 nitrogen and oxygen atoms in total. The normalized spacial score (nSPS) is 10.3. The lowest BCUT2D eigenvalue weighted by molar-refractivity contribution is -0.116. The molecule has 0 fully saturated rings. The molecule has 1 N–H and O–H groups in total. The minimum Gasteiger partial charge on any atom is -0.378 e. The highest BCUT2D eigenvalue weighted by Crippen LogP contribution is 2.23. The van der Waals surface area contributed by atoms with Crippen LogP contribution in [0.1, 0.15) is 22.5 Å². The van der Waals surface area contributed by atoms with E-state index in [1.54, 1.807) is 12.1 Å². The second-order valence-corrected chi connectivity index (χ2v) is 6.73. The van der Waals surface area contributed by atoms with Crippen molar-refractivity contribution in [2.45, 2.75) is 12.8 Å². The Bertz CT molecular complexity index is 665. The second-order valence-electron chi connectivity index (χ2n) is 5.02. The van der Waals surface area contributed by atoms with E-state index in [1.807, 2.05) is 43.3 Å². The van der Waals surface area contributed by atoms with Gasteiger partial charge in [-0.05, 0) is 36.4 Å². The van der Waals surface area contributed by atoms with Gasteiger partial charge in [-0.3, -0.25) is 9.59 Å². The van der Waals surface area contributed by atoms with Crippen molar-refractivity contribution in [1.82, 2.24) is 0 Å². The Labute approximate surface area is 138 Å². The number of ketones is 1. The van der Waals surface area contributed by atoms with Crippen LogP contribution in [-0.2, 0) is 4.79 Å². The lowest BCUT2D eigenvalue weighted by Crippen LogP contribution is -2.13. The van der Waals surface area contributed by atoms with Crippen LogP contribution >= 0.6 is 22.9 Å². The zero-order valence-corrected chi connectivity index (χ0v) is 14.0. The Kier molecular flexibility index (Phi) is 5.57. The molecular weight excluding hydrogens is 320 g/mol. The summed E-state index contributed by atoms with van der Waals surface area (Å²) < 4.78 is 0.578. The van der Waals surface area contributed by atoms with Gasteiger partial charge in [0.2, 0.25) is 5.91 Å². The van der Waals surface area contributed by atoms with Crippen molar-refractivity contribution in [1.29, 1.82) is 0 Å². The highest BCUT2D eigenvalue weighted by Gasteiger charge is 2.11. The maximum Gasteiger partial charge on any atom is 0.224 e. The number of carbonyl (C=O) groups excluding carboxylic acids is 2. The summed E-state index contributed by atoms with van der Waals surface area (Å²) in [5.74, 6) is -0.233. The Morgan fingerprint density at radius 2 is 1.77 bits per heavy atom. The Hall–Kier alpha value is -1.85. The highest BCUT2D eigenvalue weighted by atomic mass is 35.5. The predicted octanol–water partition coefficient (Wildman–Crippen LogP) is 4.07. The molecule has 0 saturated heterocycles. The summed E-state index contributed by atoms with van der Waals surface area (Å²) in [7, 11) is 3.91. The second kappa shape index (κ2) is 7.42. The molecule has 1 aromatic carbocycles. The lowest BCUT2D eigenvalue weighted by Gasteiger charge is -2.13. The molecule has 2 rings (SSSR count). The number of rotatable bonds is 6. The van der Waals surface area contributed by atoms with E-state index in [0.717, 1.165) is 11.4 Å². The maximum absolute atomic E-state index is 11.9. The number of nitrogens with zero attached hydrogens (tertiary/aromatic N) is 1. The summed E-state index contributed by atoms with van der Waals surface area (Å²) in [4.78, 5) is 26.4. The fraction of sp³-hybridized carbons (Fsp3) is 0.250. The molecular formula is C16H17ClN2O2S. The van der Waals surface area contributed by atoms with Crippen molar-refractivity contribution in [3.05, 3.63) is 45.6 Å². The number of carbonyl (C=O) groups is 2. The molecule has 1 heterocycles. The largest absolute Gasteiger partial charge is 0.378 e. The molecule has 0 aliphatic rings. The van der Waals surface area contributed by atoms with Crippen molar-refractivity contribution in [2.75, 3.05) is 24.3 Å². The number of halogens is 1. The first-order valence-electron chi connectivity index (χ1n) is 6.81. The molecule has 0 unspecified atom stereocenters. The van der Waals surface area contributed by atoms with Crippen LogP contribution < -0.4 is 10.2 Å². The summed E-state index contributed by atoms with van der Waals surface area (Å²) in [5.41, 5.74) is 1.78. The molecule has 0 radical (unpaired) electrons. The number of hydrogen-bond donors (Lipinski definition) is 1. The summed E-state index contributed by atoms with van der Waals surface area (Å²) in [6.07, 6.45) is 0.336. The van der Waals surface area contributed by atoms with E-state index in [4.69, 9.17) is 11.6 Å². The van der Waals surface area contributed by atoms with Crippen molar-refractivity contribution in [3.63, 3.8) is 0 Å². The minimum atomic E-state index is -0.173. The van der Waals surface area contributed by atoms with Crippen molar-refractivity contribution in [2.24, 2.45) is 0 Å². The van der Waals surface area contributed by atoms with Gasteiger partial charge in [0.05, 0.1) is 9.21 Å². The number of Topliss-reactive ketones (excluding diaryl/α,β-unsaturated/α-hetero) is 1. The number of nitrogens with one attached hydrogen (secondary N) is 1. The smallest absolute Gasteiger partial charge is 0.224 e. The first kappa shape index (κ1) is 16.5. The fourth-order valence-electron chi connectivity index (χ4n) is 1.88. The first-order chi connectivity index (χ1) is 10.5. The van der Waals surface area contributed by atoms with Crippen LogP contribution in [0.5, 0.6) is 0 Å². The van der Waals surface area contributed by atoms with Gasteiger partial charge < -0.3 is 10.2 Å². The van der Waals surface area contributed by atoms with Gasteiger partial charge in [0.25, 0.3) is 0 Å². The monoisotopic (exact) mass is 336 g/mol. The standard InChI is InChI=1S/C16H17ClN2O2S/c1-19(2)12-5-3-11(4-6-12)18-16(21)10-7-13(20)14-8-9-15(17)22-14/h3-6,8-9H,7,10H2,1-2H3,(H,18,21). The minimum absolute atomic E-state index is 0.0602. The Balaban J connectivity index is 1.84. The first-order valence-corrected chi connectivity index (χ1v) is 8.01. The lowest BCUT2D eigenvalue weighted by atomic mass is 10.2. The predicted molar refractivity (Wildman–Crippen MR) is 92.3 cm³/mol. The maximum atomic E-state index is 11.9. The molecule has 0 bridgehead atoms. The third-order valence-electron chi connectivity index (χ3n) is 3.09. The molecule has 2 aromatic rings. The highest BCUT2D eigenvalue weighted by molar-refractivity contribution is 7.18. The van der Waals surface area contributed by atoms with Gasteiger partial charge in [0.1, 0.15) is 0 Å². The molecule has 1 amide bonds. The Morgan fingerprint density at radius 3 is 2.32 bits per heavy atom. The molecule has 1 aromatic heterocycles. The van der Waals surface area contributed by atoms with Crippen LogP contribution in [0, 0.1) is 0 Å². The van der Waals surface area contributed by atoms with Crippen LogP contribution in [0.25, 0.3) is 0 Å². The van der Waals surface area contributed by atoms with E-state index in [1.165, 1.54) is 11.3 Å². The SMILES string of the molecule is CN(C)c1ccc(NC(=O)CCC(=O)c2ccc(Cl)s2)cc1. The van der Waals surface area contributed by atoms with Crippen LogP contribution in [0.3, 0.4) is 0 Å². The summed E-state index contributed by atoms with van der Waals surface area (Å²) in [6, 6.07) is 10.9. The van der Waals surface area contributed by atoms with Gasteiger partial charge in [0, 0.05) is 38.3 Å². The van der Waals surface area contributed by atoms with Gasteiger partial charge in [0.15, 0.2) is 5.78 Å². The van der Waals surface area contributed by atoms with E-state index in [2.05, 4.69) is 5.32 Å². The molecule has 0 spiro atoms. The van der Waals surface area contributed by atoms with Gasteiger partial charge in [-0.15, -0.1) is 11.3 Å². The molecule has 0 saturated carbocycles. The van der Waals surface area contributed by atoms with Gasteiger partial charge >= 0.3 is 0 Å². The number of amides is 1. The number of hydrogen-bond acceptors (Lipinski definition) is 4. The van der Waals surface area contributed by atoms with Crippen molar-refractivity contribution in [3.8, 4) is 0 Å². The van der Waals surface area contributed by atoms with E-state index in [0.29, 0.717) is 9.21 Å². The van der Waals surface area contributed by atoms with E-state index < -0.39 is 0 Å². The van der Waals surface area contributed by atoms with Gasteiger partial charge in [-0.25, -0.2) is 0 Å². The average Bonchev–Trinajstić information content (AvgIpc) is 2.92. The van der Waals surface area contributed by atoms with Gasteiger partial charge in [-0.2, -0.15) is 0 Å². The number of benzene rings is 1. The third kappa shape index (κ3) is 4.58. The molecule has 6 heteroatoms. The van der Waals surface area contributed by atoms with Crippen LogP contribution in [0.2, 0.25) is 4.34 Å². The fourth-order valence-corrected chi connectivity index (χ4v) is 2.89. The summed E-state index contributed by atoms with van der Waals surface area (Å²) >= 11 is 7.03. The van der Waals surface area contributed by atoms with E-state index in [9.17, 15) is 9.59 Å². The zero-order chi connectivity index (χ0) is 16.1. The molecule has 22 heavy (non-hydrogen) atoms. The van der Waals surface area contributed by atoms with E-state index in [-0.39, 0.29) is 24.5 Å². The van der Waals surface area contributed by atoms with Crippen LogP contribution in [-0.4, -0.2) is 25.8 Å². The third-order valence-corrected chi connectivity index (χ3v) is 4.37. The van der Waals surface area contributed by atoms with E-state index >= 15 is 0 Å². The molecule has 116 valence electrons. The molecule has 0 atom stereocenters. The molecule has 0 aliphatic heterocycles. The average molecular weight is 337 g/mol. The molecule has 0 aliphatic carbocycles. The topological polar surface area (TPSA) is 49.4 Å². The zero-order valence-electron chi connectivity index (χ0n) is 12.4. The summed E-state index contributed by atoms with van der Waals surface area (Å²) in [6.45, 7) is 0. The number of anilines is 2. The van der Waals surface area contributed by atoms with Gasteiger partial charge in [-0.1, -0.05) is 11.6 Å². The quantitative estimate of drug-likeness (QED) is 0.809.